The van der Waals surface area contributed by atoms with E-state index in [1.54, 1.807) is 6.26 Å². The van der Waals surface area contributed by atoms with Gasteiger partial charge in [-0.15, -0.1) is 0 Å². The van der Waals surface area contributed by atoms with Gasteiger partial charge in [0, 0.05) is 30.6 Å². The van der Waals surface area contributed by atoms with Crippen LogP contribution in [0.5, 0.6) is 0 Å². The highest BCUT2D eigenvalue weighted by atomic mass is 19.1. The van der Waals surface area contributed by atoms with Crippen molar-refractivity contribution in [3.8, 4) is 11.3 Å². The highest BCUT2D eigenvalue weighted by Crippen LogP contribution is 2.38. The Labute approximate surface area is 204 Å². The van der Waals surface area contributed by atoms with Crippen LogP contribution in [0.1, 0.15) is 50.2 Å². The van der Waals surface area contributed by atoms with Crippen LogP contribution in [0.25, 0.3) is 11.3 Å². The van der Waals surface area contributed by atoms with Crippen LogP contribution < -0.4 is 10.6 Å². The summed E-state index contributed by atoms with van der Waals surface area (Å²) in [6.45, 7) is 1.58. The molecular weight excluding hydrogens is 450 g/mol. The Kier molecular flexibility index (Phi) is 7.98. The van der Waals surface area contributed by atoms with E-state index in [2.05, 4.69) is 22.8 Å². The minimum atomic E-state index is -0.961. The predicted molar refractivity (Wildman–Crippen MR) is 131 cm³/mol. The van der Waals surface area contributed by atoms with Gasteiger partial charge in [0.05, 0.1) is 18.4 Å². The lowest BCUT2D eigenvalue weighted by Crippen LogP contribution is -2.53. The van der Waals surface area contributed by atoms with Crippen molar-refractivity contribution < 1.29 is 23.1 Å². The molecule has 0 saturated heterocycles. The van der Waals surface area contributed by atoms with Crippen molar-refractivity contribution >= 4 is 5.91 Å². The zero-order chi connectivity index (χ0) is 24.8. The summed E-state index contributed by atoms with van der Waals surface area (Å²) in [5.41, 5.74) is 2.16. The van der Waals surface area contributed by atoms with Crippen LogP contribution in [0.15, 0.2) is 65.3 Å². The number of hydrogen-bond acceptors (Lipinski definition) is 4. The van der Waals surface area contributed by atoms with Gasteiger partial charge in [-0.3, -0.25) is 4.79 Å². The van der Waals surface area contributed by atoms with Crippen LogP contribution in [0.4, 0.5) is 8.78 Å². The number of carbonyl (C=O) groups excluding carboxylic acids is 1. The summed E-state index contributed by atoms with van der Waals surface area (Å²) in [5, 5.41) is 17.4. The van der Waals surface area contributed by atoms with Gasteiger partial charge in [0.1, 0.15) is 17.4 Å². The molecule has 7 heteroatoms. The van der Waals surface area contributed by atoms with Gasteiger partial charge in [-0.25, -0.2) is 8.78 Å². The van der Waals surface area contributed by atoms with E-state index < -0.39 is 23.8 Å². The average molecular weight is 483 g/mol. The number of halogens is 2. The molecule has 0 radical (unpaired) electrons. The van der Waals surface area contributed by atoms with Crippen molar-refractivity contribution in [3.05, 3.63) is 83.6 Å². The summed E-state index contributed by atoms with van der Waals surface area (Å²) >= 11 is 0. The summed E-state index contributed by atoms with van der Waals surface area (Å²) in [5.74, 6) is -0.895. The number of carbonyl (C=O) groups is 1. The Hall–Kier alpha value is -3.03. The molecule has 0 bridgehead atoms. The minimum Gasteiger partial charge on any atom is -0.464 e. The molecule has 5 nitrogen and oxygen atoms in total. The van der Waals surface area contributed by atoms with E-state index in [4.69, 9.17) is 4.42 Å². The van der Waals surface area contributed by atoms with Crippen molar-refractivity contribution in [3.63, 3.8) is 0 Å². The summed E-state index contributed by atoms with van der Waals surface area (Å²) in [4.78, 5) is 11.8. The van der Waals surface area contributed by atoms with E-state index in [0.717, 1.165) is 55.1 Å². The molecule has 1 aliphatic rings. The highest BCUT2D eigenvalue weighted by molar-refractivity contribution is 5.73. The Morgan fingerprint density at radius 2 is 1.80 bits per heavy atom. The van der Waals surface area contributed by atoms with Gasteiger partial charge in [-0.2, -0.15) is 0 Å². The molecule has 4 rings (SSSR count). The first kappa shape index (κ1) is 25.1. The highest BCUT2D eigenvalue weighted by Gasteiger charge is 2.35. The maximum absolute atomic E-state index is 13.7. The van der Waals surface area contributed by atoms with Crippen LogP contribution in [0.2, 0.25) is 0 Å². The average Bonchev–Trinajstić information content (AvgIpc) is 3.37. The first-order chi connectivity index (χ1) is 16.8. The summed E-state index contributed by atoms with van der Waals surface area (Å²) in [6, 6.07) is 14.6. The molecule has 35 heavy (non-hydrogen) atoms. The third kappa shape index (κ3) is 6.35. The Bertz CT molecular complexity index is 1110. The maximum Gasteiger partial charge on any atom is 0.217 e. The van der Waals surface area contributed by atoms with Gasteiger partial charge in [0.2, 0.25) is 5.91 Å². The summed E-state index contributed by atoms with van der Waals surface area (Å²) in [7, 11) is 0. The molecule has 0 aliphatic heterocycles. The number of benzene rings is 2. The van der Waals surface area contributed by atoms with Crippen molar-refractivity contribution in [2.45, 2.75) is 63.1 Å². The third-order valence-electron chi connectivity index (χ3n) is 6.81. The van der Waals surface area contributed by atoms with E-state index >= 15 is 0 Å². The monoisotopic (exact) mass is 482 g/mol. The topological polar surface area (TPSA) is 74.5 Å². The van der Waals surface area contributed by atoms with E-state index in [1.807, 2.05) is 24.3 Å². The number of nitrogens with one attached hydrogen (secondary N) is 2. The Balaban J connectivity index is 1.53. The number of amides is 1. The number of aliphatic hydroxyl groups is 1. The van der Waals surface area contributed by atoms with Gasteiger partial charge in [-0.05, 0) is 60.7 Å². The van der Waals surface area contributed by atoms with Crippen LogP contribution in [-0.2, 0) is 16.8 Å². The summed E-state index contributed by atoms with van der Waals surface area (Å²) in [6.07, 6.45) is 5.92. The zero-order valence-corrected chi connectivity index (χ0v) is 19.9. The fourth-order valence-corrected chi connectivity index (χ4v) is 5.11. The lowest BCUT2D eigenvalue weighted by atomic mass is 9.76. The SMILES string of the molecule is CC(=O)N[C@@H](Cc1cc(F)cc(F)c1)[C@H](O)CNC1(c2cccc(-c3ccco3)c2)CCCCC1. The first-order valence-electron chi connectivity index (χ1n) is 12.1. The Morgan fingerprint density at radius 1 is 1.06 bits per heavy atom. The van der Waals surface area contributed by atoms with Crippen molar-refractivity contribution in [1.29, 1.82) is 0 Å². The van der Waals surface area contributed by atoms with Crippen LogP contribution in [0.3, 0.4) is 0 Å². The van der Waals surface area contributed by atoms with Crippen molar-refractivity contribution in [2.24, 2.45) is 0 Å². The molecule has 3 N–H and O–H groups in total. The molecule has 1 amide bonds. The number of rotatable bonds is 9. The smallest absolute Gasteiger partial charge is 0.217 e. The molecule has 2 aromatic carbocycles. The van der Waals surface area contributed by atoms with Gasteiger partial charge in [-0.1, -0.05) is 37.5 Å². The Morgan fingerprint density at radius 3 is 2.46 bits per heavy atom. The number of aliphatic hydroxyl groups excluding tert-OH is 1. The fraction of sp³-hybridized carbons (Fsp3) is 0.393. The van der Waals surface area contributed by atoms with Gasteiger partial charge in [0.15, 0.2) is 0 Å². The van der Waals surface area contributed by atoms with Gasteiger partial charge in [0.25, 0.3) is 0 Å². The van der Waals surface area contributed by atoms with E-state index in [1.165, 1.54) is 19.1 Å². The second-order valence-corrected chi connectivity index (χ2v) is 9.44. The van der Waals surface area contributed by atoms with Gasteiger partial charge < -0.3 is 20.2 Å². The molecule has 0 unspecified atom stereocenters. The molecule has 1 fully saturated rings. The molecule has 1 heterocycles. The van der Waals surface area contributed by atoms with E-state index in [-0.39, 0.29) is 24.4 Å². The van der Waals surface area contributed by atoms with E-state index in [0.29, 0.717) is 5.56 Å². The quantitative estimate of drug-likeness (QED) is 0.398. The predicted octanol–water partition coefficient (Wildman–Crippen LogP) is 5.08. The van der Waals surface area contributed by atoms with Gasteiger partial charge >= 0.3 is 0 Å². The lowest BCUT2D eigenvalue weighted by molar-refractivity contribution is -0.120. The number of furan rings is 1. The lowest BCUT2D eigenvalue weighted by Gasteiger charge is -2.40. The normalized spacial score (nSPS) is 17.0. The molecule has 3 aromatic rings. The van der Waals surface area contributed by atoms with E-state index in [9.17, 15) is 18.7 Å². The van der Waals surface area contributed by atoms with Crippen LogP contribution in [0, 0.1) is 11.6 Å². The standard InChI is InChI=1S/C28H32F2N2O3/c1-19(33)32-25(15-20-13-23(29)17-24(30)14-20)26(34)18-31-28(10-3-2-4-11-28)22-8-5-7-21(16-22)27-9-6-12-35-27/h5-9,12-14,16-17,25-26,31,34H,2-4,10-11,15,18H2,1H3,(H,32,33)/t25-,26+/m0/s1. The molecular formula is C28H32F2N2O3. The molecule has 2 atom stereocenters. The van der Waals surface area contributed by atoms with Crippen LogP contribution >= 0.6 is 0 Å². The van der Waals surface area contributed by atoms with Crippen LogP contribution in [-0.4, -0.2) is 29.7 Å². The zero-order valence-electron chi connectivity index (χ0n) is 19.9. The molecule has 186 valence electrons. The second-order valence-electron chi connectivity index (χ2n) is 9.44. The largest absolute Gasteiger partial charge is 0.464 e. The van der Waals surface area contributed by atoms with Crippen molar-refractivity contribution in [1.82, 2.24) is 10.6 Å². The third-order valence-corrected chi connectivity index (χ3v) is 6.81. The van der Waals surface area contributed by atoms with Crippen molar-refractivity contribution in [2.75, 3.05) is 6.54 Å². The molecule has 1 saturated carbocycles. The second kappa shape index (κ2) is 11.1. The summed E-state index contributed by atoms with van der Waals surface area (Å²) < 4.78 is 33.0. The fourth-order valence-electron chi connectivity index (χ4n) is 5.11. The number of hydrogen-bond donors (Lipinski definition) is 3. The minimum absolute atomic E-state index is 0.109. The molecule has 1 aromatic heterocycles. The molecule has 0 spiro atoms. The molecule has 1 aliphatic carbocycles. The first-order valence-corrected chi connectivity index (χ1v) is 12.1. The maximum atomic E-state index is 13.7.